The van der Waals surface area contributed by atoms with Crippen LogP contribution in [-0.4, -0.2) is 9.97 Å². The number of rotatable bonds is 4. The monoisotopic (exact) mass is 679 g/mol. The van der Waals surface area contributed by atoms with Crippen molar-refractivity contribution in [1.82, 2.24) is 19.9 Å². The van der Waals surface area contributed by atoms with E-state index in [0.29, 0.717) is 0 Å². The first-order valence-corrected chi connectivity index (χ1v) is 16.1. The van der Waals surface area contributed by atoms with E-state index in [1.165, 1.54) is 0 Å². The fourth-order valence-electron chi connectivity index (χ4n) is 6.69. The van der Waals surface area contributed by atoms with Gasteiger partial charge in [-0.1, -0.05) is 146 Å². The Morgan fingerprint density at radius 2 is 0.520 bits per heavy atom. The minimum absolute atomic E-state index is 0. The second-order valence-corrected chi connectivity index (χ2v) is 11.8. The Kier molecular flexibility index (Phi) is 9.03. The van der Waals surface area contributed by atoms with Crippen molar-refractivity contribution in [2.75, 3.05) is 0 Å². The van der Waals surface area contributed by atoms with Crippen molar-refractivity contribution >= 4 is 46.4 Å². The van der Waals surface area contributed by atoms with E-state index in [0.717, 1.165) is 89.4 Å². The van der Waals surface area contributed by atoms with Gasteiger partial charge in [0.2, 0.25) is 0 Å². The molecule has 8 bridgehead atoms. The van der Waals surface area contributed by atoms with Gasteiger partial charge in [-0.2, -0.15) is 0 Å². The normalized spacial score (nSPS) is 11.5. The maximum Gasteiger partial charge on any atom is 4.00 e. The molecule has 5 nitrogen and oxygen atoms in total. The van der Waals surface area contributed by atoms with Gasteiger partial charge < -0.3 is 15.4 Å². The summed E-state index contributed by atoms with van der Waals surface area (Å²) in [4.78, 5) is 21.2. The predicted molar refractivity (Wildman–Crippen MR) is 199 cm³/mol. The molecule has 0 unspecified atom stereocenters. The number of benzene rings is 4. The zero-order valence-corrected chi connectivity index (χ0v) is 28.2. The molecule has 235 valence electrons. The van der Waals surface area contributed by atoms with Crippen LogP contribution in [0.1, 0.15) is 22.8 Å². The average molecular weight is 680 g/mol. The molecule has 4 aromatic carbocycles. The van der Waals surface area contributed by atoms with Crippen molar-refractivity contribution in [3.63, 3.8) is 0 Å². The molecule has 2 aliphatic heterocycles. The summed E-state index contributed by atoms with van der Waals surface area (Å²) in [6.45, 7) is 0. The minimum Gasteiger partial charge on any atom is -2.00 e. The Morgan fingerprint density at radius 1 is 0.300 bits per heavy atom. The van der Waals surface area contributed by atoms with Crippen molar-refractivity contribution in [2.24, 2.45) is 0 Å². The summed E-state index contributed by atoms with van der Waals surface area (Å²) in [5.41, 5.74) is 15.0. The van der Waals surface area contributed by atoms with Crippen LogP contribution in [0.15, 0.2) is 146 Å². The van der Waals surface area contributed by atoms with Crippen LogP contribution in [0.2, 0.25) is 0 Å². The van der Waals surface area contributed by atoms with Gasteiger partial charge in [0.15, 0.2) is 0 Å². The van der Waals surface area contributed by atoms with Crippen molar-refractivity contribution < 1.29 is 24.0 Å². The first kappa shape index (κ1) is 32.6. The molecule has 2 aliphatic rings. The smallest absolute Gasteiger partial charge is 2.00 e. The van der Waals surface area contributed by atoms with E-state index in [-0.39, 0.29) is 24.0 Å². The zero-order chi connectivity index (χ0) is 31.9. The second kappa shape index (κ2) is 13.9. The van der Waals surface area contributed by atoms with E-state index in [4.69, 9.17) is 19.9 Å². The largest absolute Gasteiger partial charge is 4.00 e. The molecule has 0 N–H and O–H groups in total. The van der Waals surface area contributed by atoms with E-state index in [1.54, 1.807) is 0 Å². The van der Waals surface area contributed by atoms with Gasteiger partial charge in [-0.25, -0.2) is 9.97 Å². The van der Waals surface area contributed by atoms with Crippen molar-refractivity contribution in [1.29, 1.82) is 0 Å². The topological polar surface area (TPSA) is 82.5 Å². The molecule has 5 heterocycles. The summed E-state index contributed by atoms with van der Waals surface area (Å²) in [7, 11) is 0. The summed E-state index contributed by atoms with van der Waals surface area (Å²) in [6.07, 6.45) is 8.41. The molecule has 0 saturated heterocycles. The van der Waals surface area contributed by atoms with Crippen LogP contribution in [0.4, 0.5) is 0 Å². The SMILES string of the molecule is C1=Cc2nc1c(-c1ccccc1)c1ccc([n-]1)c(-c1ccccc1)c1nc(c(-c3ccccc3)c3ccc([n-]3)c2-c2ccccc2)C=C1.[O-2].[V+4]. The predicted octanol–water partition coefficient (Wildman–Crippen LogP) is 10.5. The Balaban J connectivity index is 0.00000196. The van der Waals surface area contributed by atoms with E-state index >= 15 is 0 Å². The third kappa shape index (κ3) is 5.84. The minimum atomic E-state index is 0. The fraction of sp³-hybridized carbons (Fsp3) is 0. The number of fused-ring (bicyclic) bond motifs is 8. The molecule has 0 spiro atoms. The van der Waals surface area contributed by atoms with Gasteiger partial charge in [0.05, 0.1) is 22.8 Å². The molecule has 3 aromatic heterocycles. The Morgan fingerprint density at radius 3 is 0.740 bits per heavy atom. The van der Waals surface area contributed by atoms with Gasteiger partial charge in [-0.15, -0.1) is 22.1 Å². The number of aromatic nitrogens is 4. The van der Waals surface area contributed by atoms with Gasteiger partial charge in [-0.3, -0.25) is 0 Å². The molecule has 9 rings (SSSR count). The molecule has 0 fully saturated rings. The first-order chi connectivity index (χ1) is 23.8. The molecule has 7 aromatic rings. The van der Waals surface area contributed by atoms with Crippen LogP contribution in [0.25, 0.3) is 90.9 Å². The van der Waals surface area contributed by atoms with Crippen molar-refractivity contribution in [3.8, 4) is 44.5 Å². The van der Waals surface area contributed by atoms with Crippen molar-refractivity contribution in [3.05, 3.63) is 168 Å². The maximum absolute atomic E-state index is 5.31. The summed E-state index contributed by atoms with van der Waals surface area (Å²) in [5, 5.41) is 0. The van der Waals surface area contributed by atoms with Gasteiger partial charge in [-0.05, 0) is 68.8 Å². The van der Waals surface area contributed by atoms with Crippen LogP contribution in [0.3, 0.4) is 0 Å². The van der Waals surface area contributed by atoms with Crippen LogP contribution in [-0.2, 0) is 24.0 Å². The summed E-state index contributed by atoms with van der Waals surface area (Å²) in [6, 6.07) is 50.0. The Hall–Kier alpha value is -5.98. The molecule has 0 atom stereocenters. The standard InChI is InChI=1S/C44H28N4.O.V/c1-5-13-29(14-6-1)41-33-21-23-35(45-33)42(30-15-7-2-8-16-30)37-25-27-39(47-37)44(32-19-11-4-12-20-32)40-28-26-38(48-40)43(31-17-9-3-10-18-31)36-24-22-34(41)46-36;;/h1-28H;;/q2*-2;+4. The number of nitrogens with zero attached hydrogens (tertiary/aromatic N) is 4. The van der Waals surface area contributed by atoms with Crippen molar-refractivity contribution in [2.45, 2.75) is 0 Å². The molecule has 0 saturated carbocycles. The van der Waals surface area contributed by atoms with Crippen LogP contribution in [0, 0.1) is 0 Å². The Labute approximate surface area is 302 Å². The van der Waals surface area contributed by atoms with E-state index in [2.05, 4.69) is 146 Å². The maximum atomic E-state index is 5.31. The molecule has 0 aliphatic carbocycles. The molecule has 0 amide bonds. The Bertz CT molecular complexity index is 2190. The van der Waals surface area contributed by atoms with Crippen LogP contribution < -0.4 is 9.97 Å². The number of hydrogen-bond donors (Lipinski definition) is 0. The van der Waals surface area contributed by atoms with Gasteiger partial charge in [0.25, 0.3) is 0 Å². The fourth-order valence-corrected chi connectivity index (χ4v) is 6.69. The zero-order valence-electron chi connectivity index (χ0n) is 26.8. The van der Waals surface area contributed by atoms with Crippen LogP contribution in [0.5, 0.6) is 0 Å². The summed E-state index contributed by atoms with van der Waals surface area (Å²) >= 11 is 0. The third-order valence-corrected chi connectivity index (χ3v) is 8.86. The average Bonchev–Trinajstić information content (AvgIpc) is 3.98. The van der Waals surface area contributed by atoms with E-state index < -0.39 is 0 Å². The molecular weight excluding hydrogens is 651 g/mol. The van der Waals surface area contributed by atoms with E-state index in [9.17, 15) is 0 Å². The summed E-state index contributed by atoms with van der Waals surface area (Å²) < 4.78 is 0. The third-order valence-electron chi connectivity index (χ3n) is 8.86. The number of hydrogen-bond acceptors (Lipinski definition) is 2. The summed E-state index contributed by atoms with van der Waals surface area (Å²) in [5.74, 6) is 0. The molecule has 6 heteroatoms. The molecule has 1 radical (unpaired) electrons. The quantitative estimate of drug-likeness (QED) is 0.185. The van der Waals surface area contributed by atoms with Gasteiger partial charge in [0, 0.05) is 0 Å². The first-order valence-electron chi connectivity index (χ1n) is 16.1. The van der Waals surface area contributed by atoms with E-state index in [1.807, 2.05) is 24.3 Å². The van der Waals surface area contributed by atoms with Gasteiger partial charge >= 0.3 is 18.6 Å². The molecular formula is C44H28N4OV. The second-order valence-electron chi connectivity index (χ2n) is 11.8. The van der Waals surface area contributed by atoms with Crippen LogP contribution >= 0.6 is 0 Å². The van der Waals surface area contributed by atoms with Gasteiger partial charge in [0.1, 0.15) is 0 Å². The molecule has 50 heavy (non-hydrogen) atoms.